The van der Waals surface area contributed by atoms with Crippen LogP contribution in [0.15, 0.2) is 49.1 Å². The average Bonchev–Trinajstić information content (AvgIpc) is 3.47. The average molecular weight is 463 g/mol. The van der Waals surface area contributed by atoms with Crippen molar-refractivity contribution in [2.75, 3.05) is 0 Å². The minimum absolute atomic E-state index is 0.169. The summed E-state index contributed by atoms with van der Waals surface area (Å²) >= 11 is 1.36. The van der Waals surface area contributed by atoms with Gasteiger partial charge in [0.15, 0.2) is 0 Å². The smallest absolute Gasteiger partial charge is 0.263 e. The third kappa shape index (κ3) is 5.81. The van der Waals surface area contributed by atoms with Gasteiger partial charge in [-0.3, -0.25) is 14.6 Å². The van der Waals surface area contributed by atoms with Crippen molar-refractivity contribution in [1.29, 1.82) is 0 Å². The number of hydrogen-bond acceptors (Lipinski definition) is 6. The molecule has 0 fully saturated rings. The van der Waals surface area contributed by atoms with Crippen molar-refractivity contribution >= 4 is 33.9 Å². The van der Waals surface area contributed by atoms with Gasteiger partial charge >= 0.3 is 0 Å². The zero-order valence-electron chi connectivity index (χ0n) is 18.4. The normalized spacial score (nSPS) is 12.0. The largest absolute Gasteiger partial charge is 0.370 e. The van der Waals surface area contributed by atoms with E-state index < -0.39 is 0 Å². The molecular weight excluding hydrogens is 436 g/mol. The van der Waals surface area contributed by atoms with Crippen LogP contribution in [-0.2, 0) is 4.79 Å². The summed E-state index contributed by atoms with van der Waals surface area (Å²) in [4.78, 5) is 40.7. The van der Waals surface area contributed by atoms with E-state index in [-0.39, 0.29) is 17.9 Å². The van der Waals surface area contributed by atoms with Crippen molar-refractivity contribution in [1.82, 2.24) is 25.3 Å². The molecule has 0 aliphatic heterocycles. The summed E-state index contributed by atoms with van der Waals surface area (Å²) in [5.74, 6) is 0.236. The quantitative estimate of drug-likeness (QED) is 0.303. The number of nitrogens with one attached hydrogen (secondary N) is 2. The Labute approximate surface area is 195 Å². The van der Waals surface area contributed by atoms with E-state index in [1.807, 2.05) is 25.3 Å². The first-order chi connectivity index (χ1) is 16.0. The van der Waals surface area contributed by atoms with Gasteiger partial charge in [-0.25, -0.2) is 9.97 Å². The molecule has 0 aliphatic rings. The number of H-pyrrole nitrogens is 1. The molecule has 1 atom stereocenters. The SMILES string of the molecule is Cc1ncc(C(=O)NC(CCCCCC(N)=O)c2ncc(-c3ccc4ccncc4c3)[nH]2)s1. The Morgan fingerprint density at radius 1 is 1.09 bits per heavy atom. The van der Waals surface area contributed by atoms with Crippen molar-refractivity contribution in [3.05, 3.63) is 64.8 Å². The molecule has 8 nitrogen and oxygen atoms in total. The van der Waals surface area contributed by atoms with E-state index in [0.717, 1.165) is 46.3 Å². The van der Waals surface area contributed by atoms with Gasteiger partial charge in [-0.1, -0.05) is 25.0 Å². The predicted octanol–water partition coefficient (Wildman–Crippen LogP) is 4.30. The minimum atomic E-state index is -0.290. The number of aromatic amines is 1. The number of fused-ring (bicyclic) bond motifs is 1. The maximum atomic E-state index is 12.8. The van der Waals surface area contributed by atoms with Gasteiger partial charge < -0.3 is 16.0 Å². The van der Waals surface area contributed by atoms with Crippen molar-refractivity contribution in [3.63, 3.8) is 0 Å². The maximum absolute atomic E-state index is 12.8. The number of unbranched alkanes of at least 4 members (excludes halogenated alkanes) is 2. The van der Waals surface area contributed by atoms with Crippen molar-refractivity contribution in [2.24, 2.45) is 5.73 Å². The lowest BCUT2D eigenvalue weighted by Gasteiger charge is -2.16. The molecule has 170 valence electrons. The number of hydrogen-bond donors (Lipinski definition) is 3. The van der Waals surface area contributed by atoms with Gasteiger partial charge in [0.1, 0.15) is 10.7 Å². The number of nitrogens with two attached hydrogens (primary N) is 1. The topological polar surface area (TPSA) is 127 Å². The van der Waals surface area contributed by atoms with Gasteiger partial charge in [0.25, 0.3) is 5.91 Å². The van der Waals surface area contributed by atoms with Crippen molar-refractivity contribution in [3.8, 4) is 11.3 Å². The van der Waals surface area contributed by atoms with Crippen LogP contribution in [0.5, 0.6) is 0 Å². The minimum Gasteiger partial charge on any atom is -0.370 e. The highest BCUT2D eigenvalue weighted by Gasteiger charge is 2.20. The Kier molecular flexibility index (Phi) is 7.09. The molecule has 3 aromatic heterocycles. The molecule has 33 heavy (non-hydrogen) atoms. The lowest BCUT2D eigenvalue weighted by atomic mass is 10.1. The van der Waals surface area contributed by atoms with Crippen LogP contribution in [0.4, 0.5) is 0 Å². The number of aromatic nitrogens is 4. The number of amides is 2. The second-order valence-corrected chi connectivity index (χ2v) is 9.19. The fraction of sp³-hybridized carbons (Fsp3) is 0.292. The van der Waals surface area contributed by atoms with Gasteiger partial charge in [0.05, 0.1) is 29.1 Å². The first-order valence-corrected chi connectivity index (χ1v) is 11.7. The van der Waals surface area contributed by atoms with E-state index >= 15 is 0 Å². The van der Waals surface area contributed by atoms with Crippen LogP contribution in [0.2, 0.25) is 0 Å². The molecule has 4 aromatic rings. The number of nitrogens with zero attached hydrogens (tertiary/aromatic N) is 3. The molecule has 0 spiro atoms. The van der Waals surface area contributed by atoms with E-state index in [9.17, 15) is 9.59 Å². The molecule has 9 heteroatoms. The van der Waals surface area contributed by atoms with Crippen LogP contribution in [-0.4, -0.2) is 31.8 Å². The number of aryl methyl sites for hydroxylation is 1. The molecule has 0 aliphatic carbocycles. The summed E-state index contributed by atoms with van der Waals surface area (Å²) < 4.78 is 0. The molecule has 0 bridgehead atoms. The summed E-state index contributed by atoms with van der Waals surface area (Å²) in [6.45, 7) is 1.87. The van der Waals surface area contributed by atoms with E-state index in [1.54, 1.807) is 18.6 Å². The monoisotopic (exact) mass is 462 g/mol. The number of carbonyl (C=O) groups is 2. The van der Waals surface area contributed by atoms with E-state index in [0.29, 0.717) is 23.5 Å². The highest BCUT2D eigenvalue weighted by molar-refractivity contribution is 7.13. The van der Waals surface area contributed by atoms with Crippen LogP contribution in [0.3, 0.4) is 0 Å². The summed E-state index contributed by atoms with van der Waals surface area (Å²) in [6, 6.07) is 7.85. The first kappa shape index (κ1) is 22.6. The van der Waals surface area contributed by atoms with E-state index in [1.165, 1.54) is 11.3 Å². The van der Waals surface area contributed by atoms with Crippen molar-refractivity contribution in [2.45, 2.75) is 45.1 Å². The second kappa shape index (κ2) is 10.4. The Morgan fingerprint density at radius 2 is 1.97 bits per heavy atom. The van der Waals surface area contributed by atoms with Crippen LogP contribution < -0.4 is 11.1 Å². The summed E-state index contributed by atoms with van der Waals surface area (Å²) in [5, 5.41) is 6.10. The number of imidazole rings is 1. The molecule has 1 unspecified atom stereocenters. The number of thiazole rings is 1. The Hall–Kier alpha value is -3.59. The Bertz CT molecular complexity index is 1260. The lowest BCUT2D eigenvalue weighted by molar-refractivity contribution is -0.118. The fourth-order valence-corrected chi connectivity index (χ4v) is 4.39. The molecule has 0 radical (unpaired) electrons. The number of benzene rings is 1. The van der Waals surface area contributed by atoms with E-state index in [4.69, 9.17) is 5.73 Å². The van der Waals surface area contributed by atoms with Gasteiger partial charge in [-0.05, 0) is 37.3 Å². The summed E-state index contributed by atoms with van der Waals surface area (Å²) in [6.07, 6.45) is 10.5. The fourth-order valence-electron chi connectivity index (χ4n) is 3.71. The molecule has 0 saturated heterocycles. The lowest BCUT2D eigenvalue weighted by Crippen LogP contribution is -2.28. The summed E-state index contributed by atoms with van der Waals surface area (Å²) in [7, 11) is 0. The Morgan fingerprint density at radius 3 is 2.76 bits per heavy atom. The first-order valence-electron chi connectivity index (χ1n) is 10.9. The predicted molar refractivity (Wildman–Crippen MR) is 129 cm³/mol. The highest BCUT2D eigenvalue weighted by atomic mass is 32.1. The maximum Gasteiger partial charge on any atom is 0.263 e. The highest BCUT2D eigenvalue weighted by Crippen LogP contribution is 2.26. The third-order valence-electron chi connectivity index (χ3n) is 5.44. The molecule has 3 heterocycles. The Balaban J connectivity index is 1.51. The van der Waals surface area contributed by atoms with Crippen LogP contribution in [0.1, 0.15) is 58.6 Å². The van der Waals surface area contributed by atoms with Crippen LogP contribution in [0, 0.1) is 6.92 Å². The van der Waals surface area contributed by atoms with Gasteiger partial charge in [-0.15, -0.1) is 11.3 Å². The number of carbonyl (C=O) groups excluding carboxylic acids is 2. The molecular formula is C24H26N6O2S. The van der Waals surface area contributed by atoms with Gasteiger partial charge in [0.2, 0.25) is 5.91 Å². The second-order valence-electron chi connectivity index (χ2n) is 7.95. The van der Waals surface area contributed by atoms with Gasteiger partial charge in [0, 0.05) is 29.8 Å². The number of primary amides is 1. The molecule has 4 rings (SSSR count). The third-order valence-corrected chi connectivity index (χ3v) is 6.36. The summed E-state index contributed by atoms with van der Waals surface area (Å²) in [5.41, 5.74) is 7.10. The van der Waals surface area contributed by atoms with E-state index in [2.05, 4.69) is 37.4 Å². The van der Waals surface area contributed by atoms with Crippen molar-refractivity contribution < 1.29 is 9.59 Å². The standard InChI is InChI=1S/C24H26N6O2S/c1-15-27-14-21(33-15)24(32)30-19(5-3-2-4-6-22(25)31)23-28-13-20(29-23)17-8-7-16-9-10-26-12-18(16)11-17/h7-14,19H,2-6H2,1H3,(H2,25,31)(H,28,29)(H,30,32). The zero-order chi connectivity index (χ0) is 23.2. The van der Waals surface area contributed by atoms with Crippen LogP contribution in [0.25, 0.3) is 22.0 Å². The molecule has 2 amide bonds. The molecule has 1 aromatic carbocycles. The molecule has 4 N–H and O–H groups in total. The van der Waals surface area contributed by atoms with Gasteiger partial charge in [-0.2, -0.15) is 0 Å². The number of pyridine rings is 1. The van der Waals surface area contributed by atoms with Crippen LogP contribution >= 0.6 is 11.3 Å². The number of rotatable bonds is 10. The molecule has 0 saturated carbocycles. The zero-order valence-corrected chi connectivity index (χ0v) is 19.2.